The summed E-state index contributed by atoms with van der Waals surface area (Å²) in [5, 5.41) is 20.4. The van der Waals surface area contributed by atoms with Crippen LogP contribution in [-0.2, 0) is 0 Å². The molecule has 1 unspecified atom stereocenters. The van der Waals surface area contributed by atoms with Gasteiger partial charge in [0.2, 0.25) is 0 Å². The van der Waals surface area contributed by atoms with Crippen molar-refractivity contribution in [2.24, 2.45) is 0 Å². The monoisotopic (exact) mass is 291 g/mol. The Morgan fingerprint density at radius 1 is 1.55 bits per heavy atom. The highest BCUT2D eigenvalue weighted by Crippen LogP contribution is 2.37. The van der Waals surface area contributed by atoms with Crippen molar-refractivity contribution >= 4 is 23.0 Å². The molecule has 0 aliphatic carbocycles. The largest absolute Gasteiger partial charge is 0.360 e. The first-order chi connectivity index (χ1) is 9.58. The fraction of sp³-hybridized carbons (Fsp3) is 0.357. The predicted molar refractivity (Wildman–Crippen MR) is 78.0 cm³/mol. The Morgan fingerprint density at radius 3 is 2.90 bits per heavy atom. The summed E-state index contributed by atoms with van der Waals surface area (Å²) in [7, 11) is 0. The molecule has 1 heterocycles. The van der Waals surface area contributed by atoms with Crippen molar-refractivity contribution in [3.8, 4) is 6.07 Å². The van der Waals surface area contributed by atoms with Crippen LogP contribution in [-0.4, -0.2) is 17.5 Å². The van der Waals surface area contributed by atoms with E-state index in [4.69, 9.17) is 16.9 Å². The van der Waals surface area contributed by atoms with Gasteiger partial charge in [-0.05, 0) is 25.3 Å². The number of hydrogen-bond donors (Lipinski definition) is 0. The minimum absolute atomic E-state index is 0.0615. The normalized spacial score (nSPS) is 18.4. The van der Waals surface area contributed by atoms with E-state index in [-0.39, 0.29) is 22.3 Å². The fourth-order valence-electron chi connectivity index (χ4n) is 2.51. The number of nitriles is 1. The lowest BCUT2D eigenvalue weighted by molar-refractivity contribution is -0.384. The summed E-state index contributed by atoms with van der Waals surface area (Å²) in [6.07, 6.45) is 4.76. The van der Waals surface area contributed by atoms with E-state index < -0.39 is 4.92 Å². The zero-order valence-corrected chi connectivity index (χ0v) is 11.6. The molecule has 0 saturated carbocycles. The average molecular weight is 292 g/mol. The first-order valence-electron chi connectivity index (χ1n) is 6.35. The summed E-state index contributed by atoms with van der Waals surface area (Å²) in [4.78, 5) is 12.7. The minimum atomic E-state index is -0.471. The highest BCUT2D eigenvalue weighted by atomic mass is 35.5. The van der Waals surface area contributed by atoms with Crippen LogP contribution in [0.4, 0.5) is 11.4 Å². The molecule has 2 rings (SSSR count). The van der Waals surface area contributed by atoms with E-state index in [1.165, 1.54) is 12.1 Å². The van der Waals surface area contributed by atoms with Gasteiger partial charge in [0, 0.05) is 18.7 Å². The lowest BCUT2D eigenvalue weighted by atomic mass is 10.0. The first-order valence-corrected chi connectivity index (χ1v) is 6.73. The number of rotatable bonds is 3. The van der Waals surface area contributed by atoms with Gasteiger partial charge < -0.3 is 4.90 Å². The standard InChI is InChI=1S/C14H14ClN3O2/c1-2-11-5-3-4-6-17(11)13-8-12(15)10(9-16)7-14(13)18(19)20/h2,7-8,11H,1,3-6H2. The lowest BCUT2D eigenvalue weighted by Gasteiger charge is -2.35. The van der Waals surface area contributed by atoms with Crippen molar-refractivity contribution in [2.75, 3.05) is 11.4 Å². The summed E-state index contributed by atoms with van der Waals surface area (Å²) in [6.45, 7) is 4.52. The van der Waals surface area contributed by atoms with E-state index in [9.17, 15) is 10.1 Å². The molecule has 104 valence electrons. The number of hydrogen-bond acceptors (Lipinski definition) is 4. The third-order valence-corrected chi connectivity index (χ3v) is 3.82. The number of nitrogens with zero attached hydrogens (tertiary/aromatic N) is 3. The molecule has 20 heavy (non-hydrogen) atoms. The maximum absolute atomic E-state index is 11.2. The summed E-state index contributed by atoms with van der Waals surface area (Å²) in [5.41, 5.74) is 0.498. The van der Waals surface area contributed by atoms with Crippen molar-refractivity contribution < 1.29 is 4.92 Å². The Morgan fingerprint density at radius 2 is 2.30 bits per heavy atom. The van der Waals surface area contributed by atoms with Crippen LogP contribution in [0.25, 0.3) is 0 Å². The SMILES string of the molecule is C=CC1CCCCN1c1cc(Cl)c(C#N)cc1[N+](=O)[O-]. The molecule has 5 nitrogen and oxygen atoms in total. The van der Waals surface area contributed by atoms with Gasteiger partial charge in [0.1, 0.15) is 11.8 Å². The molecular formula is C14H14ClN3O2. The van der Waals surface area contributed by atoms with Gasteiger partial charge >= 0.3 is 0 Å². The highest BCUT2D eigenvalue weighted by molar-refractivity contribution is 6.32. The molecule has 0 spiro atoms. The van der Waals surface area contributed by atoms with Crippen LogP contribution in [0, 0.1) is 21.4 Å². The summed E-state index contributed by atoms with van der Waals surface area (Å²) in [6, 6.07) is 4.69. The molecule has 6 heteroatoms. The van der Waals surface area contributed by atoms with E-state index in [0.717, 1.165) is 25.8 Å². The van der Waals surface area contributed by atoms with Gasteiger partial charge in [0.15, 0.2) is 0 Å². The summed E-state index contributed by atoms with van der Waals surface area (Å²) >= 11 is 6.02. The lowest BCUT2D eigenvalue weighted by Crippen LogP contribution is -2.38. The summed E-state index contributed by atoms with van der Waals surface area (Å²) < 4.78 is 0. The van der Waals surface area contributed by atoms with Gasteiger partial charge in [-0.1, -0.05) is 17.7 Å². The Bertz CT molecular complexity index is 595. The zero-order valence-electron chi connectivity index (χ0n) is 10.9. The minimum Gasteiger partial charge on any atom is -0.360 e. The molecular weight excluding hydrogens is 278 g/mol. The molecule has 1 saturated heterocycles. The Hall–Kier alpha value is -2.06. The van der Waals surface area contributed by atoms with E-state index in [1.54, 1.807) is 6.08 Å². The van der Waals surface area contributed by atoms with E-state index in [2.05, 4.69) is 6.58 Å². The van der Waals surface area contributed by atoms with Crippen molar-refractivity contribution in [3.05, 3.63) is 45.5 Å². The van der Waals surface area contributed by atoms with Crippen LogP contribution in [0.5, 0.6) is 0 Å². The van der Waals surface area contributed by atoms with Gasteiger partial charge in [0.25, 0.3) is 5.69 Å². The first kappa shape index (κ1) is 14.4. The molecule has 0 aromatic heterocycles. The quantitative estimate of drug-likeness (QED) is 0.484. The molecule has 0 N–H and O–H groups in total. The predicted octanol–water partition coefficient (Wildman–Crippen LogP) is 3.66. The van der Waals surface area contributed by atoms with Gasteiger partial charge in [-0.3, -0.25) is 10.1 Å². The van der Waals surface area contributed by atoms with Gasteiger partial charge in [-0.15, -0.1) is 6.58 Å². The van der Waals surface area contributed by atoms with Crippen molar-refractivity contribution in [2.45, 2.75) is 25.3 Å². The Kier molecular flexibility index (Phi) is 4.26. The van der Waals surface area contributed by atoms with E-state index in [1.807, 2.05) is 11.0 Å². The van der Waals surface area contributed by atoms with Crippen molar-refractivity contribution in [1.82, 2.24) is 0 Å². The molecule has 1 aromatic carbocycles. The fourth-order valence-corrected chi connectivity index (χ4v) is 2.71. The van der Waals surface area contributed by atoms with Crippen LogP contribution < -0.4 is 4.90 Å². The number of benzene rings is 1. The third kappa shape index (κ3) is 2.61. The second kappa shape index (κ2) is 5.93. The van der Waals surface area contributed by atoms with Crippen LogP contribution in [0.1, 0.15) is 24.8 Å². The number of piperidine rings is 1. The second-order valence-electron chi connectivity index (χ2n) is 4.68. The molecule has 1 fully saturated rings. The Labute approximate surface area is 122 Å². The maximum atomic E-state index is 11.2. The van der Waals surface area contributed by atoms with Gasteiger partial charge in [-0.2, -0.15) is 5.26 Å². The topological polar surface area (TPSA) is 70.2 Å². The van der Waals surface area contributed by atoms with Gasteiger partial charge in [0.05, 0.1) is 15.5 Å². The van der Waals surface area contributed by atoms with Crippen LogP contribution >= 0.6 is 11.6 Å². The molecule has 1 atom stereocenters. The number of nitro groups is 1. The number of halogens is 1. The molecule has 0 bridgehead atoms. The maximum Gasteiger partial charge on any atom is 0.293 e. The second-order valence-corrected chi connectivity index (χ2v) is 5.09. The average Bonchev–Trinajstić information content (AvgIpc) is 2.46. The molecule has 1 aromatic rings. The van der Waals surface area contributed by atoms with E-state index in [0.29, 0.717) is 5.69 Å². The zero-order chi connectivity index (χ0) is 14.7. The van der Waals surface area contributed by atoms with Gasteiger partial charge in [-0.25, -0.2) is 0 Å². The van der Waals surface area contributed by atoms with Crippen molar-refractivity contribution in [1.29, 1.82) is 5.26 Å². The van der Waals surface area contributed by atoms with Crippen molar-refractivity contribution in [3.63, 3.8) is 0 Å². The number of anilines is 1. The molecule has 1 aliphatic heterocycles. The highest BCUT2D eigenvalue weighted by Gasteiger charge is 2.27. The third-order valence-electron chi connectivity index (χ3n) is 3.51. The van der Waals surface area contributed by atoms with Crippen LogP contribution in [0.15, 0.2) is 24.8 Å². The molecule has 0 amide bonds. The van der Waals surface area contributed by atoms with Crippen LogP contribution in [0.2, 0.25) is 5.02 Å². The molecule has 1 aliphatic rings. The van der Waals surface area contributed by atoms with E-state index >= 15 is 0 Å². The Balaban J connectivity index is 2.54. The van der Waals surface area contributed by atoms with Crippen LogP contribution in [0.3, 0.4) is 0 Å². The summed E-state index contributed by atoms with van der Waals surface area (Å²) in [5.74, 6) is 0. The number of nitro benzene ring substituents is 1. The smallest absolute Gasteiger partial charge is 0.293 e. The molecule has 0 radical (unpaired) electrons.